The van der Waals surface area contributed by atoms with Gasteiger partial charge >= 0.3 is 0 Å². The molecule has 7 rings (SSSR count). The Morgan fingerprint density at radius 3 is 2.79 bits per heavy atom. The molecule has 3 fully saturated rings. The minimum Gasteiger partial charge on any atom is -0.496 e. The second-order valence-electron chi connectivity index (χ2n) is 11.8. The number of carbonyl (C=O) groups excluding carboxylic acids is 4. The van der Waals surface area contributed by atoms with E-state index in [4.69, 9.17) is 4.74 Å². The third-order valence-electron chi connectivity index (χ3n) is 9.32. The lowest BCUT2D eigenvalue weighted by atomic mass is 9.92. The Hall–Kier alpha value is -4.25. The predicted octanol–water partition coefficient (Wildman–Crippen LogP) is 3.92. The maximum atomic E-state index is 14.2. The van der Waals surface area contributed by atoms with E-state index in [2.05, 4.69) is 20.6 Å². The van der Waals surface area contributed by atoms with Crippen LogP contribution in [0.4, 0.5) is 0 Å². The van der Waals surface area contributed by atoms with Crippen molar-refractivity contribution in [1.82, 2.24) is 25.5 Å². The molecule has 1 unspecified atom stereocenters. The molecule has 4 heterocycles. The quantitative estimate of drug-likeness (QED) is 0.263. The Balaban J connectivity index is 1.18. The van der Waals surface area contributed by atoms with Gasteiger partial charge in [0.25, 0.3) is 5.91 Å². The van der Waals surface area contributed by atoms with E-state index in [1.54, 1.807) is 18.1 Å². The van der Waals surface area contributed by atoms with E-state index in [0.717, 1.165) is 40.4 Å². The molecular formula is C32H33N5O5S. The largest absolute Gasteiger partial charge is 0.496 e. The molecule has 4 aromatic rings. The number of likely N-dealkylation sites (tertiary alicyclic amines) is 1. The van der Waals surface area contributed by atoms with E-state index in [1.807, 2.05) is 42.5 Å². The van der Waals surface area contributed by atoms with Gasteiger partial charge in [0.2, 0.25) is 17.6 Å². The number of benzene rings is 2. The lowest BCUT2D eigenvalue weighted by Gasteiger charge is -2.29. The molecule has 2 saturated heterocycles. The van der Waals surface area contributed by atoms with Gasteiger partial charge in [-0.05, 0) is 67.9 Å². The molecule has 0 bridgehead atoms. The van der Waals surface area contributed by atoms with Gasteiger partial charge in [-0.2, -0.15) is 0 Å². The number of para-hydroxylation sites is 1. The van der Waals surface area contributed by atoms with Gasteiger partial charge in [-0.3, -0.25) is 19.2 Å². The molecule has 3 amide bonds. The van der Waals surface area contributed by atoms with Gasteiger partial charge in [0.05, 0.1) is 23.4 Å². The summed E-state index contributed by atoms with van der Waals surface area (Å²) < 4.78 is 6.36. The number of nitrogens with zero attached hydrogens (tertiary/aromatic N) is 2. The summed E-state index contributed by atoms with van der Waals surface area (Å²) in [6.45, 7) is 1.03. The number of rotatable bonds is 8. The Bertz CT molecular complexity index is 1710. The van der Waals surface area contributed by atoms with E-state index < -0.39 is 12.1 Å². The molecule has 3 N–H and O–H groups in total. The standard InChI is InChI=1S/C32H33N5O5S/c1-42-25-10-5-9-21-20(25)15-24(34-21)32(41)37-16-18-6-4-7-19(18)27(37)30(40)35-23(14-17-12-13-33-29(17)39)28(38)31-36-22-8-2-3-11-26(22)43-31/h2-3,5,8-11,15,17-19,23,27,34H,4,6-7,12-14,16H2,1H3,(H,33,39)(H,35,40)/t17-,18-,19-,23?,27-/m0/s1. The van der Waals surface area contributed by atoms with Crippen LogP contribution < -0.4 is 15.4 Å². The van der Waals surface area contributed by atoms with Crippen LogP contribution in [0.2, 0.25) is 0 Å². The van der Waals surface area contributed by atoms with Crippen molar-refractivity contribution in [3.63, 3.8) is 0 Å². The van der Waals surface area contributed by atoms with Crippen molar-refractivity contribution in [2.75, 3.05) is 20.2 Å². The summed E-state index contributed by atoms with van der Waals surface area (Å²) in [4.78, 5) is 64.0. The maximum Gasteiger partial charge on any atom is 0.271 e. The third kappa shape index (κ3) is 4.95. The summed E-state index contributed by atoms with van der Waals surface area (Å²) in [5, 5.41) is 6.95. The Labute approximate surface area is 252 Å². The number of thiazole rings is 1. The van der Waals surface area contributed by atoms with Gasteiger partial charge in [0.15, 0.2) is 5.01 Å². The number of Topliss-reactive ketones (excluding diaryl/α,β-unsaturated/α-hetero) is 1. The van der Waals surface area contributed by atoms with Gasteiger partial charge in [0.1, 0.15) is 17.5 Å². The molecule has 2 aliphatic heterocycles. The third-order valence-corrected chi connectivity index (χ3v) is 10.4. The highest BCUT2D eigenvalue weighted by Gasteiger charge is 2.50. The second-order valence-corrected chi connectivity index (χ2v) is 12.8. The van der Waals surface area contributed by atoms with Crippen molar-refractivity contribution in [1.29, 1.82) is 0 Å². The van der Waals surface area contributed by atoms with Crippen LogP contribution in [-0.4, -0.2) is 70.7 Å². The van der Waals surface area contributed by atoms with Gasteiger partial charge in [0, 0.05) is 29.9 Å². The van der Waals surface area contributed by atoms with Crippen molar-refractivity contribution in [3.8, 4) is 5.75 Å². The predicted molar refractivity (Wildman–Crippen MR) is 162 cm³/mol. The first-order chi connectivity index (χ1) is 20.9. The summed E-state index contributed by atoms with van der Waals surface area (Å²) in [6, 6.07) is 13.2. The number of ketones is 1. The van der Waals surface area contributed by atoms with Crippen LogP contribution in [0.5, 0.6) is 5.75 Å². The number of amides is 3. The van der Waals surface area contributed by atoms with E-state index in [-0.39, 0.29) is 47.7 Å². The molecule has 1 aliphatic carbocycles. The van der Waals surface area contributed by atoms with Crippen LogP contribution in [0.3, 0.4) is 0 Å². The average molecular weight is 600 g/mol. The van der Waals surface area contributed by atoms with Gasteiger partial charge in [-0.25, -0.2) is 4.98 Å². The molecule has 43 heavy (non-hydrogen) atoms. The topological polar surface area (TPSA) is 133 Å². The number of fused-ring (bicyclic) bond motifs is 3. The summed E-state index contributed by atoms with van der Waals surface area (Å²) >= 11 is 1.28. The van der Waals surface area contributed by atoms with E-state index >= 15 is 0 Å². The molecule has 3 aliphatic rings. The number of hydrogen-bond acceptors (Lipinski definition) is 7. The smallest absolute Gasteiger partial charge is 0.271 e. The molecule has 0 radical (unpaired) electrons. The molecular weight excluding hydrogens is 566 g/mol. The molecule has 2 aromatic carbocycles. The van der Waals surface area contributed by atoms with Gasteiger partial charge < -0.3 is 25.3 Å². The SMILES string of the molecule is COc1cccc2[nH]c(C(=O)N3C[C@@H]4CCC[C@@H]4[C@H]3C(=O)NC(C[C@@H]3CCNC3=O)C(=O)c3nc4ccccc4s3)cc12. The normalized spacial score (nSPS) is 23.8. The van der Waals surface area contributed by atoms with Crippen molar-refractivity contribution < 1.29 is 23.9 Å². The van der Waals surface area contributed by atoms with Gasteiger partial charge in [-0.15, -0.1) is 11.3 Å². The molecule has 1 saturated carbocycles. The first-order valence-electron chi connectivity index (χ1n) is 14.9. The van der Waals surface area contributed by atoms with Crippen LogP contribution in [-0.2, 0) is 9.59 Å². The fraction of sp³-hybridized carbons (Fsp3) is 0.406. The lowest BCUT2D eigenvalue weighted by molar-refractivity contribution is -0.127. The summed E-state index contributed by atoms with van der Waals surface area (Å²) in [5.41, 5.74) is 1.89. The first kappa shape index (κ1) is 27.6. The molecule has 2 aromatic heterocycles. The number of ether oxygens (including phenoxy) is 1. The zero-order valence-electron chi connectivity index (χ0n) is 23.8. The minimum atomic E-state index is -0.934. The number of nitrogens with one attached hydrogen (secondary N) is 3. The van der Waals surface area contributed by atoms with Gasteiger partial charge in [-0.1, -0.05) is 24.6 Å². The summed E-state index contributed by atoms with van der Waals surface area (Å²) in [5.74, 6) is -0.521. The van der Waals surface area contributed by atoms with Crippen molar-refractivity contribution >= 4 is 56.0 Å². The van der Waals surface area contributed by atoms with Crippen molar-refractivity contribution in [2.24, 2.45) is 17.8 Å². The number of H-pyrrole nitrogens is 1. The van der Waals surface area contributed by atoms with Crippen LogP contribution in [0.15, 0.2) is 48.5 Å². The molecule has 0 spiro atoms. The number of aromatic amines is 1. The number of aromatic nitrogens is 2. The molecule has 222 valence electrons. The fourth-order valence-corrected chi connectivity index (χ4v) is 8.16. The molecule has 10 nitrogen and oxygen atoms in total. The van der Waals surface area contributed by atoms with E-state index in [1.165, 1.54) is 11.3 Å². The summed E-state index contributed by atoms with van der Waals surface area (Å²) in [7, 11) is 1.59. The van der Waals surface area contributed by atoms with Crippen LogP contribution in [0.25, 0.3) is 21.1 Å². The summed E-state index contributed by atoms with van der Waals surface area (Å²) in [6.07, 6.45) is 3.58. The number of carbonyl (C=O) groups is 4. The average Bonchev–Trinajstić information content (AvgIpc) is 3.83. The Kier molecular flexibility index (Phi) is 7.12. The number of methoxy groups -OCH3 is 1. The van der Waals surface area contributed by atoms with Crippen molar-refractivity contribution in [2.45, 2.75) is 44.2 Å². The van der Waals surface area contributed by atoms with E-state index in [9.17, 15) is 19.2 Å². The van der Waals surface area contributed by atoms with Crippen molar-refractivity contribution in [3.05, 3.63) is 59.2 Å². The Morgan fingerprint density at radius 2 is 2.00 bits per heavy atom. The minimum absolute atomic E-state index is 0.0100. The Morgan fingerprint density at radius 1 is 1.14 bits per heavy atom. The fourth-order valence-electron chi connectivity index (χ4n) is 7.20. The molecule has 11 heteroatoms. The highest BCUT2D eigenvalue weighted by Crippen LogP contribution is 2.43. The van der Waals surface area contributed by atoms with Crippen LogP contribution >= 0.6 is 11.3 Å². The highest BCUT2D eigenvalue weighted by atomic mass is 32.1. The lowest BCUT2D eigenvalue weighted by Crippen LogP contribution is -2.53. The zero-order valence-corrected chi connectivity index (χ0v) is 24.6. The number of hydrogen-bond donors (Lipinski definition) is 3. The van der Waals surface area contributed by atoms with Crippen LogP contribution in [0.1, 0.15) is 52.4 Å². The van der Waals surface area contributed by atoms with E-state index in [0.29, 0.717) is 36.0 Å². The first-order valence-corrected chi connectivity index (χ1v) is 15.7. The zero-order chi connectivity index (χ0) is 29.7. The van der Waals surface area contributed by atoms with Crippen LogP contribution in [0, 0.1) is 17.8 Å². The second kappa shape index (κ2) is 11.1. The monoisotopic (exact) mass is 599 g/mol. The maximum absolute atomic E-state index is 14.2. The highest BCUT2D eigenvalue weighted by molar-refractivity contribution is 7.20. The molecule has 5 atom stereocenters.